The fourth-order valence-corrected chi connectivity index (χ4v) is 5.13. The number of esters is 1. The minimum absolute atomic E-state index is 0.348. The zero-order valence-corrected chi connectivity index (χ0v) is 24.5. The lowest BCUT2D eigenvalue weighted by Crippen LogP contribution is -2.42. The zero-order valence-electron chi connectivity index (χ0n) is 23.6. The molecule has 0 heterocycles. The number of unbranched alkanes of at least 4 members (excludes halogenated alkanes) is 1. The van der Waals surface area contributed by atoms with Crippen molar-refractivity contribution >= 4 is 23.6 Å². The van der Waals surface area contributed by atoms with Gasteiger partial charge in [-0.1, -0.05) is 43.7 Å². The highest BCUT2D eigenvalue weighted by molar-refractivity contribution is 7.98. The summed E-state index contributed by atoms with van der Waals surface area (Å²) in [5.41, 5.74) is 4.69. The second-order valence-corrected chi connectivity index (χ2v) is 10.9. The number of rotatable bonds is 14. The molecule has 1 atom stereocenters. The average molecular weight is 569 g/mol. The van der Waals surface area contributed by atoms with Crippen LogP contribution in [0.25, 0.3) is 11.1 Å². The molecule has 3 aromatic rings. The Bertz CT molecular complexity index is 1280. The van der Waals surface area contributed by atoms with Gasteiger partial charge >= 0.3 is 5.97 Å². The van der Waals surface area contributed by atoms with Crippen LogP contribution in [0.3, 0.4) is 0 Å². The number of methoxy groups -OCH3 is 1. The van der Waals surface area contributed by atoms with Gasteiger partial charge < -0.3 is 10.1 Å². The van der Waals surface area contributed by atoms with E-state index in [1.807, 2.05) is 49.6 Å². The molecule has 5 nitrogen and oxygen atoms in total. The molecular weight excluding hydrogens is 530 g/mol. The largest absolute Gasteiger partial charge is 0.467 e. The van der Waals surface area contributed by atoms with Gasteiger partial charge in [-0.15, -0.1) is 0 Å². The quantitative estimate of drug-likeness (QED) is 0.218. The highest BCUT2D eigenvalue weighted by Crippen LogP contribution is 2.29. The Hall–Kier alpha value is -3.23. The summed E-state index contributed by atoms with van der Waals surface area (Å²) in [6.07, 6.45) is 4.33. The minimum atomic E-state index is -0.745. The molecule has 3 aromatic carbocycles. The first-order valence-electron chi connectivity index (χ1n) is 13.5. The van der Waals surface area contributed by atoms with Crippen molar-refractivity contribution in [1.82, 2.24) is 10.2 Å². The van der Waals surface area contributed by atoms with Gasteiger partial charge in [-0.25, -0.2) is 13.6 Å². The molecule has 0 saturated carbocycles. The van der Waals surface area contributed by atoms with Crippen LogP contribution in [0, 0.1) is 18.6 Å². The summed E-state index contributed by atoms with van der Waals surface area (Å²) in [5.74, 6) is -1.31. The maximum atomic E-state index is 13.9. The van der Waals surface area contributed by atoms with Gasteiger partial charge in [0, 0.05) is 24.7 Å². The van der Waals surface area contributed by atoms with Crippen molar-refractivity contribution in [3.63, 3.8) is 0 Å². The van der Waals surface area contributed by atoms with E-state index in [4.69, 9.17) is 4.74 Å². The van der Waals surface area contributed by atoms with Gasteiger partial charge in [0.05, 0.1) is 7.11 Å². The molecule has 0 aliphatic rings. The lowest BCUT2D eigenvalue weighted by Gasteiger charge is -2.24. The van der Waals surface area contributed by atoms with E-state index in [-0.39, 0.29) is 5.91 Å². The highest BCUT2D eigenvalue weighted by atomic mass is 32.2. The molecule has 0 radical (unpaired) electrons. The van der Waals surface area contributed by atoms with Crippen LogP contribution in [0.2, 0.25) is 0 Å². The number of hydrogen-bond donors (Lipinski definition) is 1. The number of nitrogens with zero attached hydrogens (tertiary/aromatic N) is 1. The van der Waals surface area contributed by atoms with Crippen LogP contribution in [-0.2, 0) is 22.6 Å². The first-order valence-corrected chi connectivity index (χ1v) is 14.9. The molecule has 8 heteroatoms. The number of thioether (sulfide) groups is 1. The van der Waals surface area contributed by atoms with Gasteiger partial charge in [-0.2, -0.15) is 11.8 Å². The zero-order chi connectivity index (χ0) is 29.1. The smallest absolute Gasteiger partial charge is 0.328 e. The summed E-state index contributed by atoms with van der Waals surface area (Å²) in [5, 5.41) is 2.87. The standard InChI is InChI=1S/C32H38F2N2O3S/c1-5-6-14-36(21-24-16-25(33)19-26(34)17-24)20-23-11-12-28(29(18-23)27-10-8-7-9-22(27)2)31(37)35-30(13-15-40-4)32(38)39-3/h7-12,16-19,30H,5-6,13-15,20-21H2,1-4H3,(H,35,37). The number of carbonyl (C=O) groups excluding carboxylic acids is 2. The number of benzene rings is 3. The second kappa shape index (κ2) is 15.5. The Labute approximate surface area is 240 Å². The lowest BCUT2D eigenvalue weighted by atomic mass is 9.93. The molecule has 0 saturated heterocycles. The van der Waals surface area contributed by atoms with Gasteiger partial charge in [0.1, 0.15) is 17.7 Å². The predicted octanol–water partition coefficient (Wildman–Crippen LogP) is 6.77. The van der Waals surface area contributed by atoms with E-state index in [1.54, 1.807) is 17.8 Å². The van der Waals surface area contributed by atoms with E-state index in [1.165, 1.54) is 19.2 Å². The van der Waals surface area contributed by atoms with Crippen LogP contribution < -0.4 is 5.32 Å². The molecule has 1 amide bonds. The van der Waals surface area contributed by atoms with Gasteiger partial charge in [0.15, 0.2) is 0 Å². The third-order valence-electron chi connectivity index (χ3n) is 6.73. The molecule has 40 heavy (non-hydrogen) atoms. The SMILES string of the molecule is CCCCN(Cc1cc(F)cc(F)c1)Cc1ccc(C(=O)NC(CCSC)C(=O)OC)c(-c2ccccc2C)c1. The Balaban J connectivity index is 1.96. The summed E-state index contributed by atoms with van der Waals surface area (Å²) >= 11 is 1.59. The Morgan fingerprint density at radius 3 is 2.33 bits per heavy atom. The first-order chi connectivity index (χ1) is 19.2. The summed E-state index contributed by atoms with van der Waals surface area (Å²) in [6.45, 7) is 5.78. The van der Waals surface area contributed by atoms with Crippen LogP contribution in [0.4, 0.5) is 8.78 Å². The van der Waals surface area contributed by atoms with E-state index in [0.717, 1.165) is 47.7 Å². The van der Waals surface area contributed by atoms with Crippen LogP contribution >= 0.6 is 11.8 Å². The molecule has 0 aromatic heterocycles. The third-order valence-corrected chi connectivity index (χ3v) is 7.37. The number of halogens is 2. The molecule has 0 aliphatic carbocycles. The van der Waals surface area contributed by atoms with E-state index < -0.39 is 23.6 Å². The molecule has 0 spiro atoms. The van der Waals surface area contributed by atoms with Crippen molar-refractivity contribution in [3.05, 3.63) is 94.6 Å². The number of nitrogens with one attached hydrogen (secondary N) is 1. The Kier molecular flexibility index (Phi) is 12.2. The minimum Gasteiger partial charge on any atom is -0.467 e. The lowest BCUT2D eigenvalue weighted by molar-refractivity contribution is -0.142. The monoisotopic (exact) mass is 568 g/mol. The fraction of sp³-hybridized carbons (Fsp3) is 0.375. The van der Waals surface area contributed by atoms with Gasteiger partial charge in [-0.05, 0) is 90.4 Å². The van der Waals surface area contributed by atoms with Crippen molar-refractivity contribution in [3.8, 4) is 11.1 Å². The van der Waals surface area contributed by atoms with E-state index in [9.17, 15) is 18.4 Å². The first kappa shape index (κ1) is 31.3. The van der Waals surface area contributed by atoms with E-state index in [2.05, 4.69) is 17.1 Å². The fourth-order valence-electron chi connectivity index (χ4n) is 4.66. The molecular formula is C32H38F2N2O3S. The highest BCUT2D eigenvalue weighted by Gasteiger charge is 2.24. The summed E-state index contributed by atoms with van der Waals surface area (Å²) in [6, 6.07) is 16.4. The molecule has 1 unspecified atom stereocenters. The summed E-state index contributed by atoms with van der Waals surface area (Å²) in [4.78, 5) is 28.0. The number of hydrogen-bond acceptors (Lipinski definition) is 5. The van der Waals surface area contributed by atoms with Gasteiger partial charge in [-0.3, -0.25) is 9.69 Å². The molecule has 0 aliphatic heterocycles. The van der Waals surface area contributed by atoms with Crippen LogP contribution in [0.5, 0.6) is 0 Å². The number of amides is 1. The topological polar surface area (TPSA) is 58.6 Å². The van der Waals surface area contributed by atoms with Crippen LogP contribution in [-0.4, -0.2) is 48.5 Å². The summed E-state index contributed by atoms with van der Waals surface area (Å²) < 4.78 is 32.6. The maximum Gasteiger partial charge on any atom is 0.328 e. The maximum absolute atomic E-state index is 13.9. The second-order valence-electron chi connectivity index (χ2n) is 9.87. The average Bonchev–Trinajstić information content (AvgIpc) is 2.93. The third kappa shape index (κ3) is 8.89. The van der Waals surface area contributed by atoms with E-state index >= 15 is 0 Å². The Morgan fingerprint density at radius 2 is 1.68 bits per heavy atom. The normalized spacial score (nSPS) is 11.9. The molecule has 214 valence electrons. The summed E-state index contributed by atoms with van der Waals surface area (Å²) in [7, 11) is 1.32. The van der Waals surface area contributed by atoms with Crippen LogP contribution in [0.1, 0.15) is 53.2 Å². The van der Waals surface area contributed by atoms with Gasteiger partial charge in [0.2, 0.25) is 0 Å². The number of ether oxygens (including phenoxy) is 1. The van der Waals surface area contributed by atoms with Crippen molar-refractivity contribution < 1.29 is 23.1 Å². The van der Waals surface area contributed by atoms with Crippen molar-refractivity contribution in [2.45, 2.75) is 52.2 Å². The van der Waals surface area contributed by atoms with Crippen molar-refractivity contribution in [1.29, 1.82) is 0 Å². The molecule has 1 N–H and O–H groups in total. The number of carbonyl (C=O) groups is 2. The van der Waals surface area contributed by atoms with E-state index in [0.29, 0.717) is 36.4 Å². The molecule has 3 rings (SSSR count). The van der Waals surface area contributed by atoms with Crippen molar-refractivity contribution in [2.75, 3.05) is 25.7 Å². The number of aryl methyl sites for hydroxylation is 1. The van der Waals surface area contributed by atoms with Crippen LogP contribution in [0.15, 0.2) is 60.7 Å². The molecule has 0 bridgehead atoms. The van der Waals surface area contributed by atoms with Crippen molar-refractivity contribution in [2.24, 2.45) is 0 Å². The predicted molar refractivity (Wildman–Crippen MR) is 158 cm³/mol. The molecule has 0 fully saturated rings. The van der Waals surface area contributed by atoms with Gasteiger partial charge in [0.25, 0.3) is 5.91 Å². The Morgan fingerprint density at radius 1 is 0.975 bits per heavy atom.